The molecule has 0 saturated heterocycles. The van der Waals surface area contributed by atoms with Crippen LogP contribution in [0.4, 0.5) is 4.79 Å². The van der Waals surface area contributed by atoms with Gasteiger partial charge in [-0.25, -0.2) is 9.59 Å². The quantitative estimate of drug-likeness (QED) is 0.114. The molecule has 2 atom stereocenters. The number of methoxy groups -OCH3 is 2. The summed E-state index contributed by atoms with van der Waals surface area (Å²) in [5, 5.41) is 19.8. The van der Waals surface area contributed by atoms with Crippen molar-refractivity contribution in [2.24, 2.45) is 5.10 Å². The van der Waals surface area contributed by atoms with E-state index in [1.807, 2.05) is 19.9 Å². The van der Waals surface area contributed by atoms with Gasteiger partial charge in [0.05, 0.1) is 49.7 Å². The molecule has 0 fully saturated rings. The molecule has 12 nitrogen and oxygen atoms in total. The molecule has 3 rings (SSSR count). The standard InChI is InChI=1S/C27H33BrN4O8/c1-6-38-20-12-17(24-23(26(34)37-5)15(3)30-27(35)31-24)8-9-19(20)40-14-22(33)32-29-13-16-10-18(28)25(39-7-2)21(11-16)36-4/h8-13,22,24,32-33H,6-7,14H2,1-5H3,(H2,30,31,35)/b29-13-/t22-,24-/m0/s1. The first kappa shape index (κ1) is 30.6. The number of hydrazone groups is 1. The first-order chi connectivity index (χ1) is 19.2. The first-order valence-corrected chi connectivity index (χ1v) is 13.2. The van der Waals surface area contributed by atoms with Gasteiger partial charge < -0.3 is 39.4 Å². The lowest BCUT2D eigenvalue weighted by Crippen LogP contribution is -2.45. The summed E-state index contributed by atoms with van der Waals surface area (Å²) in [5.74, 6) is 1.30. The van der Waals surface area contributed by atoms with Crippen molar-refractivity contribution in [1.82, 2.24) is 16.1 Å². The number of nitrogens with zero attached hydrogens (tertiary/aromatic N) is 1. The Kier molecular flexibility index (Phi) is 11.0. The zero-order chi connectivity index (χ0) is 29.2. The van der Waals surface area contributed by atoms with E-state index in [4.69, 9.17) is 23.7 Å². The van der Waals surface area contributed by atoms with Crippen molar-refractivity contribution in [3.05, 3.63) is 57.2 Å². The molecular weight excluding hydrogens is 588 g/mol. The van der Waals surface area contributed by atoms with Gasteiger partial charge in [0.1, 0.15) is 6.61 Å². The number of hydrogen-bond acceptors (Lipinski definition) is 10. The number of carbonyl (C=O) groups excluding carboxylic acids is 2. The van der Waals surface area contributed by atoms with Crippen LogP contribution in [0.1, 0.15) is 37.9 Å². The van der Waals surface area contributed by atoms with Crippen LogP contribution in [0.25, 0.3) is 0 Å². The maximum atomic E-state index is 12.4. The minimum atomic E-state index is -1.14. The van der Waals surface area contributed by atoms with E-state index in [1.165, 1.54) is 13.3 Å². The highest BCUT2D eigenvalue weighted by Gasteiger charge is 2.32. The number of rotatable bonds is 13. The number of nitrogens with one attached hydrogen (secondary N) is 3. The number of carbonyl (C=O) groups is 2. The van der Waals surface area contributed by atoms with Gasteiger partial charge in [-0.2, -0.15) is 5.10 Å². The van der Waals surface area contributed by atoms with Crippen LogP contribution < -0.4 is 35.0 Å². The monoisotopic (exact) mass is 620 g/mol. The van der Waals surface area contributed by atoms with Gasteiger partial charge in [-0.15, -0.1) is 0 Å². The van der Waals surface area contributed by atoms with Crippen LogP contribution in [0.3, 0.4) is 0 Å². The van der Waals surface area contributed by atoms with Crippen molar-refractivity contribution < 1.29 is 38.4 Å². The SMILES string of the molecule is CCOc1cc([C@@H]2NC(=O)NC(C)=C2C(=O)OC)ccc1OC[C@H](O)N/N=C\c1cc(Br)c(OCC)c(OC)c1. The van der Waals surface area contributed by atoms with Crippen LogP contribution in [0.2, 0.25) is 0 Å². The highest BCUT2D eigenvalue weighted by molar-refractivity contribution is 9.10. The Balaban J connectivity index is 1.69. The van der Waals surface area contributed by atoms with Gasteiger partial charge in [-0.3, -0.25) is 5.43 Å². The second kappa shape index (κ2) is 14.4. The molecule has 2 amide bonds. The summed E-state index contributed by atoms with van der Waals surface area (Å²) in [6.07, 6.45) is 0.382. The average Bonchev–Trinajstić information content (AvgIpc) is 2.93. The van der Waals surface area contributed by atoms with E-state index in [9.17, 15) is 14.7 Å². The number of hydrogen-bond donors (Lipinski definition) is 4. The summed E-state index contributed by atoms with van der Waals surface area (Å²) >= 11 is 3.46. The molecule has 1 heterocycles. The van der Waals surface area contributed by atoms with Crippen molar-refractivity contribution >= 4 is 34.1 Å². The molecule has 1 aliphatic heterocycles. The van der Waals surface area contributed by atoms with E-state index in [0.29, 0.717) is 57.5 Å². The van der Waals surface area contributed by atoms with Gasteiger partial charge in [-0.05, 0) is 72.1 Å². The second-order valence-corrected chi connectivity index (χ2v) is 9.24. The Bertz CT molecular complexity index is 1280. The van der Waals surface area contributed by atoms with Crippen molar-refractivity contribution in [1.29, 1.82) is 0 Å². The molecule has 40 heavy (non-hydrogen) atoms. The fourth-order valence-corrected chi connectivity index (χ4v) is 4.49. The Hall–Kier alpha value is -3.97. The van der Waals surface area contributed by atoms with Gasteiger partial charge >= 0.3 is 12.0 Å². The van der Waals surface area contributed by atoms with Crippen molar-refractivity contribution in [3.63, 3.8) is 0 Å². The number of allylic oxidation sites excluding steroid dienone is 1. The summed E-state index contributed by atoms with van der Waals surface area (Å²) in [4.78, 5) is 24.5. The minimum Gasteiger partial charge on any atom is -0.493 e. The lowest BCUT2D eigenvalue weighted by atomic mass is 9.95. The Morgan fingerprint density at radius 3 is 2.55 bits per heavy atom. The molecule has 216 valence electrons. The van der Waals surface area contributed by atoms with Gasteiger partial charge in [0.15, 0.2) is 29.2 Å². The Labute approximate surface area is 240 Å². The molecule has 13 heteroatoms. The molecule has 0 aliphatic carbocycles. The molecule has 0 spiro atoms. The zero-order valence-corrected chi connectivity index (χ0v) is 24.5. The molecule has 1 aliphatic rings. The zero-order valence-electron chi connectivity index (χ0n) is 22.9. The third-order valence-electron chi connectivity index (χ3n) is 5.65. The number of aliphatic hydroxyl groups excluding tert-OH is 1. The minimum absolute atomic E-state index is 0.149. The molecule has 0 bridgehead atoms. The number of amides is 2. The van der Waals surface area contributed by atoms with Crippen molar-refractivity contribution in [3.8, 4) is 23.0 Å². The van der Waals surface area contributed by atoms with E-state index in [-0.39, 0.29) is 12.2 Å². The van der Waals surface area contributed by atoms with Crippen LogP contribution in [0.5, 0.6) is 23.0 Å². The fourth-order valence-electron chi connectivity index (χ4n) is 3.92. The highest BCUT2D eigenvalue weighted by atomic mass is 79.9. The van der Waals surface area contributed by atoms with E-state index in [1.54, 1.807) is 38.3 Å². The third kappa shape index (κ3) is 7.57. The number of aliphatic hydroxyl groups is 1. The van der Waals surface area contributed by atoms with E-state index in [0.717, 1.165) is 0 Å². The van der Waals surface area contributed by atoms with Crippen LogP contribution in [-0.2, 0) is 9.53 Å². The van der Waals surface area contributed by atoms with E-state index in [2.05, 4.69) is 37.1 Å². The van der Waals surface area contributed by atoms with Gasteiger partial charge in [0.25, 0.3) is 0 Å². The summed E-state index contributed by atoms with van der Waals surface area (Å²) in [6, 6.07) is 7.37. The second-order valence-electron chi connectivity index (χ2n) is 8.38. The van der Waals surface area contributed by atoms with Crippen LogP contribution in [-0.4, -0.2) is 63.6 Å². The Morgan fingerprint density at radius 1 is 1.12 bits per heavy atom. The smallest absolute Gasteiger partial charge is 0.337 e. The van der Waals surface area contributed by atoms with Crippen LogP contribution in [0.15, 0.2) is 51.2 Å². The molecular formula is C27H33BrN4O8. The number of urea groups is 1. The molecule has 0 aromatic heterocycles. The lowest BCUT2D eigenvalue weighted by Gasteiger charge is -2.28. The third-order valence-corrected chi connectivity index (χ3v) is 6.24. The summed E-state index contributed by atoms with van der Waals surface area (Å²) < 4.78 is 28.1. The molecule has 2 aromatic carbocycles. The summed E-state index contributed by atoms with van der Waals surface area (Å²) in [7, 11) is 2.82. The van der Waals surface area contributed by atoms with E-state index >= 15 is 0 Å². The normalized spacial score (nSPS) is 15.7. The predicted molar refractivity (Wildman–Crippen MR) is 151 cm³/mol. The molecule has 0 saturated carbocycles. The molecule has 0 radical (unpaired) electrons. The summed E-state index contributed by atoms with van der Waals surface area (Å²) in [5.41, 5.74) is 4.57. The van der Waals surface area contributed by atoms with Crippen molar-refractivity contribution in [2.75, 3.05) is 34.0 Å². The molecule has 0 unspecified atom stereocenters. The van der Waals surface area contributed by atoms with Gasteiger partial charge in [-0.1, -0.05) is 6.07 Å². The number of ether oxygens (including phenoxy) is 5. The van der Waals surface area contributed by atoms with Gasteiger partial charge in [0, 0.05) is 5.70 Å². The average molecular weight is 621 g/mol. The Morgan fingerprint density at radius 2 is 1.88 bits per heavy atom. The number of halogens is 1. The lowest BCUT2D eigenvalue weighted by molar-refractivity contribution is -0.136. The highest BCUT2D eigenvalue weighted by Crippen LogP contribution is 2.37. The molecule has 4 N–H and O–H groups in total. The largest absolute Gasteiger partial charge is 0.493 e. The first-order valence-electron chi connectivity index (χ1n) is 12.4. The van der Waals surface area contributed by atoms with Crippen LogP contribution in [0, 0.1) is 0 Å². The van der Waals surface area contributed by atoms with Crippen LogP contribution >= 0.6 is 15.9 Å². The fraction of sp³-hybridized carbons (Fsp3) is 0.370. The maximum absolute atomic E-state index is 12.4. The topological polar surface area (TPSA) is 149 Å². The van der Waals surface area contributed by atoms with Crippen molar-refractivity contribution in [2.45, 2.75) is 33.0 Å². The van der Waals surface area contributed by atoms with E-state index < -0.39 is 24.3 Å². The molecule has 2 aromatic rings. The summed E-state index contributed by atoms with van der Waals surface area (Å²) in [6.45, 7) is 6.00. The maximum Gasteiger partial charge on any atom is 0.337 e. The number of benzene rings is 2. The van der Waals surface area contributed by atoms with Gasteiger partial charge in [0.2, 0.25) is 0 Å². The number of esters is 1. The predicted octanol–water partition coefficient (Wildman–Crippen LogP) is 3.38.